The third-order valence-corrected chi connectivity index (χ3v) is 4.67. The van der Waals surface area contributed by atoms with E-state index in [1.165, 1.54) is 31.5 Å². The molecule has 1 aromatic carbocycles. The van der Waals surface area contributed by atoms with Crippen molar-refractivity contribution in [2.45, 2.75) is 26.3 Å². The minimum atomic E-state index is 0.740. The van der Waals surface area contributed by atoms with E-state index in [0.29, 0.717) is 0 Å². The Morgan fingerprint density at radius 2 is 1.85 bits per heavy atom. The number of nitrogens with zero attached hydrogens (tertiary/aromatic N) is 1. The van der Waals surface area contributed by atoms with Gasteiger partial charge in [-0.2, -0.15) is 0 Å². The van der Waals surface area contributed by atoms with E-state index in [-0.39, 0.29) is 0 Å². The Kier molecular flexibility index (Phi) is 6.81. The van der Waals surface area contributed by atoms with Gasteiger partial charge < -0.3 is 10.1 Å². The van der Waals surface area contributed by atoms with Crippen LogP contribution in [0.15, 0.2) is 21.1 Å². The van der Waals surface area contributed by atoms with Crippen molar-refractivity contribution in [3.8, 4) is 5.75 Å². The number of ether oxygens (including phenoxy) is 1. The predicted molar refractivity (Wildman–Crippen MR) is 90.4 cm³/mol. The molecule has 1 aliphatic heterocycles. The van der Waals surface area contributed by atoms with Crippen molar-refractivity contribution in [1.29, 1.82) is 0 Å². The zero-order valence-corrected chi connectivity index (χ0v) is 15.1. The zero-order valence-electron chi connectivity index (χ0n) is 11.9. The van der Waals surface area contributed by atoms with Gasteiger partial charge in [0.1, 0.15) is 12.4 Å². The fourth-order valence-electron chi connectivity index (χ4n) is 2.40. The summed E-state index contributed by atoms with van der Waals surface area (Å²) in [6.07, 6.45) is 2.65. The zero-order chi connectivity index (χ0) is 14.4. The van der Waals surface area contributed by atoms with Crippen molar-refractivity contribution < 1.29 is 4.74 Å². The first kappa shape index (κ1) is 16.3. The largest absolute Gasteiger partial charge is 0.490 e. The third-order valence-electron chi connectivity index (χ3n) is 3.49. The van der Waals surface area contributed by atoms with Gasteiger partial charge in [0.2, 0.25) is 0 Å². The van der Waals surface area contributed by atoms with Gasteiger partial charge in [-0.1, -0.05) is 6.92 Å². The van der Waals surface area contributed by atoms with Gasteiger partial charge in [-0.15, -0.1) is 0 Å². The second kappa shape index (κ2) is 8.37. The first-order chi connectivity index (χ1) is 9.70. The molecule has 3 nitrogen and oxygen atoms in total. The highest BCUT2D eigenvalue weighted by molar-refractivity contribution is 9.11. The van der Waals surface area contributed by atoms with Crippen molar-refractivity contribution in [1.82, 2.24) is 10.2 Å². The molecular weight excluding hydrogens is 384 g/mol. The van der Waals surface area contributed by atoms with Crippen LogP contribution >= 0.6 is 31.9 Å². The van der Waals surface area contributed by atoms with Crippen LogP contribution < -0.4 is 10.1 Å². The van der Waals surface area contributed by atoms with E-state index in [1.807, 2.05) is 0 Å². The standard InChI is InChI=1S/C15H22Br2N2O/c1-2-18-11-12-9-13(16)15(14(17)10-12)20-8-7-19-5-3-4-6-19/h9-10,18H,2-8,11H2,1H3. The molecule has 1 saturated heterocycles. The molecule has 1 N–H and O–H groups in total. The van der Waals surface area contributed by atoms with E-state index >= 15 is 0 Å². The smallest absolute Gasteiger partial charge is 0.147 e. The SMILES string of the molecule is CCNCc1cc(Br)c(OCCN2CCCC2)c(Br)c1. The Bertz CT molecular complexity index is 411. The van der Waals surface area contributed by atoms with Crippen LogP contribution in [-0.4, -0.2) is 37.7 Å². The maximum Gasteiger partial charge on any atom is 0.147 e. The number of hydrogen-bond donors (Lipinski definition) is 1. The van der Waals surface area contributed by atoms with E-state index < -0.39 is 0 Å². The topological polar surface area (TPSA) is 24.5 Å². The molecular formula is C15H22Br2N2O. The molecule has 5 heteroatoms. The number of nitrogens with one attached hydrogen (secondary N) is 1. The molecule has 0 spiro atoms. The monoisotopic (exact) mass is 404 g/mol. The fourth-order valence-corrected chi connectivity index (χ4v) is 3.91. The maximum atomic E-state index is 5.93. The summed E-state index contributed by atoms with van der Waals surface area (Å²) in [5.41, 5.74) is 1.25. The lowest BCUT2D eigenvalue weighted by atomic mass is 10.2. The molecule has 0 aromatic heterocycles. The molecule has 0 radical (unpaired) electrons. The van der Waals surface area contributed by atoms with Crippen LogP contribution in [0.5, 0.6) is 5.75 Å². The van der Waals surface area contributed by atoms with Crippen molar-refractivity contribution in [3.05, 3.63) is 26.6 Å². The van der Waals surface area contributed by atoms with E-state index in [1.54, 1.807) is 0 Å². The van der Waals surface area contributed by atoms with Crippen LogP contribution in [0.4, 0.5) is 0 Å². The lowest BCUT2D eigenvalue weighted by Gasteiger charge is -2.17. The van der Waals surface area contributed by atoms with Crippen molar-refractivity contribution >= 4 is 31.9 Å². The van der Waals surface area contributed by atoms with Gasteiger partial charge in [-0.3, -0.25) is 4.90 Å². The summed E-state index contributed by atoms with van der Waals surface area (Å²) in [7, 11) is 0. The number of rotatable bonds is 7. The van der Waals surface area contributed by atoms with Crippen LogP contribution in [0.2, 0.25) is 0 Å². The molecule has 0 unspecified atom stereocenters. The molecule has 1 fully saturated rings. The van der Waals surface area contributed by atoms with Crippen LogP contribution in [0.3, 0.4) is 0 Å². The predicted octanol–water partition coefficient (Wildman–Crippen LogP) is 3.80. The Morgan fingerprint density at radius 3 is 2.45 bits per heavy atom. The molecule has 112 valence electrons. The van der Waals surface area contributed by atoms with Crippen LogP contribution in [0.25, 0.3) is 0 Å². The summed E-state index contributed by atoms with van der Waals surface area (Å²) in [5, 5.41) is 3.33. The molecule has 2 rings (SSSR count). The average Bonchev–Trinajstić information content (AvgIpc) is 2.92. The van der Waals surface area contributed by atoms with Crippen molar-refractivity contribution in [2.75, 3.05) is 32.8 Å². The van der Waals surface area contributed by atoms with E-state index in [2.05, 4.69) is 61.1 Å². The second-order valence-electron chi connectivity index (χ2n) is 5.07. The highest BCUT2D eigenvalue weighted by atomic mass is 79.9. The van der Waals surface area contributed by atoms with E-state index in [9.17, 15) is 0 Å². The van der Waals surface area contributed by atoms with Crippen LogP contribution in [0.1, 0.15) is 25.3 Å². The number of likely N-dealkylation sites (tertiary alicyclic amines) is 1. The molecule has 0 saturated carbocycles. The average molecular weight is 406 g/mol. The lowest BCUT2D eigenvalue weighted by molar-refractivity contribution is 0.236. The Morgan fingerprint density at radius 1 is 1.20 bits per heavy atom. The Labute approximate surface area is 138 Å². The van der Waals surface area contributed by atoms with Gasteiger partial charge in [0.15, 0.2) is 0 Å². The summed E-state index contributed by atoms with van der Waals surface area (Å²) in [5.74, 6) is 0.907. The summed E-state index contributed by atoms with van der Waals surface area (Å²) < 4.78 is 7.96. The normalized spacial score (nSPS) is 15.8. The first-order valence-corrected chi connectivity index (χ1v) is 8.83. The van der Waals surface area contributed by atoms with E-state index in [4.69, 9.17) is 4.74 Å². The first-order valence-electron chi connectivity index (χ1n) is 7.24. The minimum absolute atomic E-state index is 0.740. The van der Waals surface area contributed by atoms with Gasteiger partial charge in [-0.25, -0.2) is 0 Å². The number of hydrogen-bond acceptors (Lipinski definition) is 3. The fraction of sp³-hybridized carbons (Fsp3) is 0.600. The molecule has 0 amide bonds. The van der Waals surface area contributed by atoms with E-state index in [0.717, 1.165) is 40.9 Å². The molecule has 20 heavy (non-hydrogen) atoms. The number of benzene rings is 1. The van der Waals surface area contributed by atoms with Crippen LogP contribution in [-0.2, 0) is 6.54 Å². The minimum Gasteiger partial charge on any atom is -0.490 e. The van der Waals surface area contributed by atoms with Gasteiger partial charge in [0.05, 0.1) is 8.95 Å². The summed E-state index contributed by atoms with van der Waals surface area (Å²) in [4.78, 5) is 2.46. The molecule has 1 aliphatic rings. The van der Waals surface area contributed by atoms with Gasteiger partial charge >= 0.3 is 0 Å². The molecule has 0 aliphatic carbocycles. The van der Waals surface area contributed by atoms with Gasteiger partial charge in [0.25, 0.3) is 0 Å². The highest BCUT2D eigenvalue weighted by Gasteiger charge is 2.13. The Hall–Kier alpha value is -0.100. The van der Waals surface area contributed by atoms with Gasteiger partial charge in [-0.05, 0) is 82.0 Å². The molecule has 0 atom stereocenters. The lowest BCUT2D eigenvalue weighted by Crippen LogP contribution is -2.25. The summed E-state index contributed by atoms with van der Waals surface area (Å²) in [6, 6.07) is 4.25. The third kappa shape index (κ3) is 4.72. The van der Waals surface area contributed by atoms with Crippen molar-refractivity contribution in [2.24, 2.45) is 0 Å². The quantitative estimate of drug-likeness (QED) is 0.746. The summed E-state index contributed by atoms with van der Waals surface area (Å²) in [6.45, 7) is 8.15. The maximum absolute atomic E-state index is 5.93. The van der Waals surface area contributed by atoms with Gasteiger partial charge in [0, 0.05) is 13.1 Å². The molecule has 1 heterocycles. The number of halogens is 2. The molecule has 0 bridgehead atoms. The second-order valence-corrected chi connectivity index (χ2v) is 6.77. The summed E-state index contributed by atoms with van der Waals surface area (Å²) >= 11 is 7.21. The molecule has 1 aromatic rings. The van der Waals surface area contributed by atoms with Crippen LogP contribution in [0, 0.1) is 0 Å². The van der Waals surface area contributed by atoms with Crippen molar-refractivity contribution in [3.63, 3.8) is 0 Å². The Balaban J connectivity index is 1.89. The highest BCUT2D eigenvalue weighted by Crippen LogP contribution is 2.34.